The van der Waals surface area contributed by atoms with Crippen molar-refractivity contribution in [3.8, 4) is 22.3 Å². The van der Waals surface area contributed by atoms with Gasteiger partial charge >= 0.3 is 0 Å². The van der Waals surface area contributed by atoms with Gasteiger partial charge in [-0.3, -0.25) is 0 Å². The summed E-state index contributed by atoms with van der Waals surface area (Å²) in [6.07, 6.45) is 0.923. The molecule has 269 valence electrons. The normalized spacial score (nSPS) is 15.4. The van der Waals surface area contributed by atoms with Crippen LogP contribution in [0, 0.1) is 0 Å². The summed E-state index contributed by atoms with van der Waals surface area (Å²) in [4.78, 5) is 0. The van der Waals surface area contributed by atoms with Crippen molar-refractivity contribution in [3.05, 3.63) is 227 Å². The van der Waals surface area contributed by atoms with E-state index < -0.39 is 5.41 Å². The highest BCUT2D eigenvalue weighted by Crippen LogP contribution is 2.56. The summed E-state index contributed by atoms with van der Waals surface area (Å²) in [7, 11) is 2.48. The van der Waals surface area contributed by atoms with Crippen LogP contribution in [0.1, 0.15) is 44.9 Å². The number of furan rings is 1. The smallest absolute Gasteiger partial charge is 0.193 e. The molecule has 2 nitrogen and oxygen atoms in total. The van der Waals surface area contributed by atoms with Crippen LogP contribution in [-0.2, 0) is 11.8 Å². The molecule has 1 atom stereocenters. The Hall–Kier alpha value is -7.10. The minimum atomic E-state index is -0.555. The quantitative estimate of drug-likeness (QED) is 0.183. The van der Waals surface area contributed by atoms with E-state index in [-0.39, 0.29) is 5.92 Å². The van der Waals surface area contributed by atoms with E-state index in [9.17, 15) is 0 Å². The zero-order valence-corrected chi connectivity index (χ0v) is 31.7. The van der Waals surface area contributed by atoms with E-state index in [0.29, 0.717) is 0 Å². The number of fused-ring (bicyclic) bond motifs is 12. The molecule has 2 aliphatic heterocycles. The molecule has 0 saturated heterocycles. The van der Waals surface area contributed by atoms with Crippen molar-refractivity contribution < 1.29 is 4.42 Å². The average molecular weight is 737 g/mol. The number of anilines is 2. The number of nitrogens with one attached hydrogen (secondary N) is 1. The van der Waals surface area contributed by atoms with Crippen molar-refractivity contribution in [2.75, 3.05) is 5.32 Å². The van der Waals surface area contributed by atoms with E-state index in [4.69, 9.17) is 4.42 Å². The Morgan fingerprint density at radius 2 is 1.22 bits per heavy atom. The Balaban J connectivity index is 1.12. The van der Waals surface area contributed by atoms with Gasteiger partial charge in [0.25, 0.3) is 0 Å². The molecule has 58 heavy (non-hydrogen) atoms. The van der Waals surface area contributed by atoms with Crippen LogP contribution in [-0.4, -0.2) is 7.28 Å². The molecule has 3 heteroatoms. The highest BCUT2D eigenvalue weighted by Gasteiger charge is 2.45. The maximum Gasteiger partial charge on any atom is 0.193 e. The fraction of sp³-hybridized carbons (Fsp3) is 0.0545. The van der Waals surface area contributed by atoms with Crippen molar-refractivity contribution >= 4 is 62.3 Å². The van der Waals surface area contributed by atoms with E-state index in [1.54, 1.807) is 0 Å². The first-order valence-electron chi connectivity index (χ1n) is 20.4. The monoisotopic (exact) mass is 736 g/mol. The van der Waals surface area contributed by atoms with Gasteiger partial charge < -0.3 is 9.73 Å². The zero-order chi connectivity index (χ0) is 38.0. The Labute approximate surface area is 337 Å². The SMILES string of the molecule is [B]1c2cccc3c2C(Cc2ccc4ccccc4c2-3)c2c1c(-c1cccc3c1Nc1ccccc1C3(c1ccccc1)c1ccccc1)cc1oc3ccccc3c21. The molecule has 1 unspecified atom stereocenters. The summed E-state index contributed by atoms with van der Waals surface area (Å²) in [5, 5.41) is 9.05. The summed E-state index contributed by atoms with van der Waals surface area (Å²) in [6, 6.07) is 69.3. The first kappa shape index (κ1) is 32.0. The molecular formula is C55H35BNO. The number of hydrogen-bond acceptors (Lipinski definition) is 2. The van der Waals surface area contributed by atoms with Gasteiger partial charge in [-0.25, -0.2) is 0 Å². The summed E-state index contributed by atoms with van der Waals surface area (Å²) in [5.41, 5.74) is 20.3. The van der Waals surface area contributed by atoms with Gasteiger partial charge in [0.1, 0.15) is 11.2 Å². The Morgan fingerprint density at radius 3 is 2.07 bits per heavy atom. The van der Waals surface area contributed by atoms with Gasteiger partial charge in [0, 0.05) is 27.9 Å². The molecule has 1 aromatic heterocycles. The lowest BCUT2D eigenvalue weighted by molar-refractivity contribution is 0.668. The van der Waals surface area contributed by atoms with E-state index in [1.165, 1.54) is 93.7 Å². The topological polar surface area (TPSA) is 25.2 Å². The highest BCUT2D eigenvalue weighted by atomic mass is 16.3. The lowest BCUT2D eigenvalue weighted by atomic mass is 9.50. The summed E-state index contributed by atoms with van der Waals surface area (Å²) < 4.78 is 6.88. The molecular weight excluding hydrogens is 701 g/mol. The number of rotatable bonds is 3. The largest absolute Gasteiger partial charge is 0.456 e. The van der Waals surface area contributed by atoms with Crippen LogP contribution in [0.25, 0.3) is 55.0 Å². The van der Waals surface area contributed by atoms with Crippen molar-refractivity contribution in [1.82, 2.24) is 0 Å². The van der Waals surface area contributed by atoms with Gasteiger partial charge in [-0.05, 0) is 91.0 Å². The lowest BCUT2D eigenvalue weighted by Crippen LogP contribution is -2.42. The molecule has 9 aromatic carbocycles. The fourth-order valence-corrected chi connectivity index (χ4v) is 11.1. The zero-order valence-electron chi connectivity index (χ0n) is 31.7. The van der Waals surface area contributed by atoms with Crippen LogP contribution in [0.4, 0.5) is 11.4 Å². The number of para-hydroxylation sites is 3. The lowest BCUT2D eigenvalue weighted by Gasteiger charge is -2.43. The molecule has 0 amide bonds. The molecule has 0 saturated carbocycles. The third-order valence-corrected chi connectivity index (χ3v) is 13.4. The van der Waals surface area contributed by atoms with Crippen molar-refractivity contribution in [1.29, 1.82) is 0 Å². The fourth-order valence-electron chi connectivity index (χ4n) is 11.1. The van der Waals surface area contributed by atoms with Gasteiger partial charge in [0.15, 0.2) is 7.28 Å². The molecule has 0 spiro atoms. The molecule has 1 radical (unpaired) electrons. The first-order chi connectivity index (χ1) is 28.8. The van der Waals surface area contributed by atoms with Crippen LogP contribution < -0.4 is 16.2 Å². The summed E-state index contributed by atoms with van der Waals surface area (Å²) in [5.74, 6) is 0.157. The van der Waals surface area contributed by atoms with Crippen molar-refractivity contribution in [2.45, 2.75) is 17.8 Å². The Kier molecular flexibility index (Phi) is 6.61. The first-order valence-corrected chi connectivity index (χ1v) is 20.4. The van der Waals surface area contributed by atoms with Crippen LogP contribution in [0.15, 0.2) is 192 Å². The second-order valence-corrected chi connectivity index (χ2v) is 16.1. The molecule has 3 aliphatic rings. The molecule has 10 aromatic rings. The standard InChI is InChI=1S/C55H35BNO/c1-3-16-35(17-4-1)55(36-18-5-2-6-19-36)43-24-10-11-27-46(43)57-54-38(22-13-25-44(54)55)41-32-48-51(39-21-9-12-28-47(39)58-48)52-42-31-34-30-29-33-15-7-8-20-37(33)49(34)40-23-14-26-45(50(40)42)56-53(41)52/h1-30,32,42,57H,31H2. The maximum atomic E-state index is 6.88. The van der Waals surface area contributed by atoms with Crippen molar-refractivity contribution in [3.63, 3.8) is 0 Å². The second-order valence-electron chi connectivity index (χ2n) is 16.1. The summed E-state index contributed by atoms with van der Waals surface area (Å²) >= 11 is 0. The van der Waals surface area contributed by atoms with Gasteiger partial charge in [-0.1, -0.05) is 181 Å². The third-order valence-electron chi connectivity index (χ3n) is 13.4. The predicted molar refractivity (Wildman–Crippen MR) is 241 cm³/mol. The van der Waals surface area contributed by atoms with Crippen LogP contribution in [0.5, 0.6) is 0 Å². The average Bonchev–Trinajstić information content (AvgIpc) is 3.66. The van der Waals surface area contributed by atoms with E-state index in [1.807, 2.05) is 0 Å². The number of hydrogen-bond donors (Lipinski definition) is 1. The van der Waals surface area contributed by atoms with E-state index >= 15 is 0 Å². The minimum Gasteiger partial charge on any atom is -0.456 e. The maximum absolute atomic E-state index is 6.88. The van der Waals surface area contributed by atoms with Crippen molar-refractivity contribution in [2.24, 2.45) is 0 Å². The molecule has 0 bridgehead atoms. The molecule has 1 N–H and O–H groups in total. The van der Waals surface area contributed by atoms with Gasteiger partial charge in [0.05, 0.1) is 11.1 Å². The summed E-state index contributed by atoms with van der Waals surface area (Å²) in [6.45, 7) is 0. The molecule has 3 heterocycles. The molecule has 0 fully saturated rings. The van der Waals surface area contributed by atoms with Crippen LogP contribution in [0.3, 0.4) is 0 Å². The Bertz CT molecular complexity index is 3290. The second kappa shape index (κ2) is 12.0. The van der Waals surface area contributed by atoms with E-state index in [0.717, 1.165) is 29.0 Å². The van der Waals surface area contributed by atoms with Gasteiger partial charge in [-0.15, -0.1) is 0 Å². The van der Waals surface area contributed by atoms with Crippen LogP contribution >= 0.6 is 0 Å². The number of benzene rings is 9. The highest BCUT2D eigenvalue weighted by molar-refractivity contribution is 6.71. The van der Waals surface area contributed by atoms with Crippen LogP contribution in [0.2, 0.25) is 0 Å². The van der Waals surface area contributed by atoms with Gasteiger partial charge in [0.2, 0.25) is 0 Å². The molecule has 1 aliphatic carbocycles. The van der Waals surface area contributed by atoms with E-state index in [2.05, 4.69) is 201 Å². The minimum absolute atomic E-state index is 0.157. The van der Waals surface area contributed by atoms with Gasteiger partial charge in [-0.2, -0.15) is 0 Å². The third kappa shape index (κ3) is 4.23. The Morgan fingerprint density at radius 1 is 0.534 bits per heavy atom. The predicted octanol–water partition coefficient (Wildman–Crippen LogP) is 12.2. The molecule has 13 rings (SSSR count).